The highest BCUT2D eigenvalue weighted by atomic mass is 35.5. The van der Waals surface area contributed by atoms with Crippen LogP contribution in [-0.4, -0.2) is 62.2 Å². The molecule has 1 saturated heterocycles. The fraction of sp³-hybridized carbons (Fsp3) is 0.464. The number of tetrazole rings is 1. The van der Waals surface area contributed by atoms with E-state index in [1.54, 1.807) is 41.3 Å². The molecule has 11 heteroatoms. The number of hydrogen-bond acceptors (Lipinski definition) is 6. The Kier molecular flexibility index (Phi) is 8.83. The molecule has 39 heavy (non-hydrogen) atoms. The van der Waals surface area contributed by atoms with Gasteiger partial charge in [0, 0.05) is 29.8 Å². The average molecular weight is 555 g/mol. The summed E-state index contributed by atoms with van der Waals surface area (Å²) in [7, 11) is 0. The van der Waals surface area contributed by atoms with Crippen molar-refractivity contribution in [3.63, 3.8) is 0 Å². The smallest absolute Gasteiger partial charge is 0.247 e. The van der Waals surface area contributed by atoms with Gasteiger partial charge in [-0.1, -0.05) is 43.0 Å². The minimum atomic E-state index is -0.874. The minimum absolute atomic E-state index is 0.0796. The van der Waals surface area contributed by atoms with E-state index in [0.717, 1.165) is 38.5 Å². The molecule has 0 unspecified atom stereocenters. The van der Waals surface area contributed by atoms with Gasteiger partial charge >= 0.3 is 0 Å². The highest BCUT2D eigenvalue weighted by Gasteiger charge is 2.35. The summed E-state index contributed by atoms with van der Waals surface area (Å²) >= 11 is 6.15. The molecule has 206 valence electrons. The topological polar surface area (TPSA) is 102 Å². The molecule has 0 bridgehead atoms. The van der Waals surface area contributed by atoms with Gasteiger partial charge in [-0.2, -0.15) is 4.80 Å². The molecule has 5 rings (SSSR count). The summed E-state index contributed by atoms with van der Waals surface area (Å²) in [5.41, 5.74) is 1.25. The Morgan fingerprint density at radius 3 is 2.49 bits per heavy atom. The van der Waals surface area contributed by atoms with E-state index >= 15 is 0 Å². The SMILES string of the molecule is O=C(NC1CCCCC1)[C@H](c1ccc(Cl)cc1)N(C[C@H]1CCCO1)C(=O)Cn1nnc(-c2ccc(F)cc2)n1. The molecule has 1 N–H and O–H groups in total. The number of nitrogens with zero attached hydrogens (tertiary/aromatic N) is 5. The number of carbonyl (C=O) groups excluding carboxylic acids is 2. The van der Waals surface area contributed by atoms with Crippen molar-refractivity contribution < 1.29 is 18.7 Å². The lowest BCUT2D eigenvalue weighted by molar-refractivity contribution is -0.143. The van der Waals surface area contributed by atoms with Crippen molar-refractivity contribution in [2.24, 2.45) is 0 Å². The van der Waals surface area contributed by atoms with Crippen LogP contribution in [-0.2, 0) is 20.9 Å². The van der Waals surface area contributed by atoms with Gasteiger partial charge < -0.3 is 15.0 Å². The van der Waals surface area contributed by atoms with Gasteiger partial charge in [0.1, 0.15) is 18.4 Å². The summed E-state index contributed by atoms with van der Waals surface area (Å²) in [6.07, 6.45) is 6.69. The van der Waals surface area contributed by atoms with E-state index in [1.165, 1.54) is 23.4 Å². The number of aromatic nitrogens is 4. The van der Waals surface area contributed by atoms with Crippen molar-refractivity contribution in [3.8, 4) is 11.4 Å². The average Bonchev–Trinajstić information content (AvgIpc) is 3.63. The van der Waals surface area contributed by atoms with Crippen molar-refractivity contribution in [2.75, 3.05) is 13.2 Å². The second-order valence-electron chi connectivity index (χ2n) is 10.1. The van der Waals surface area contributed by atoms with Crippen LogP contribution in [0.25, 0.3) is 11.4 Å². The predicted molar refractivity (Wildman–Crippen MR) is 143 cm³/mol. The second-order valence-corrected chi connectivity index (χ2v) is 10.6. The molecule has 2 fully saturated rings. The first-order valence-corrected chi connectivity index (χ1v) is 13.8. The Labute approximate surface area is 231 Å². The zero-order valence-electron chi connectivity index (χ0n) is 21.6. The molecule has 1 aliphatic heterocycles. The molecule has 0 radical (unpaired) electrons. The van der Waals surface area contributed by atoms with Gasteiger partial charge in [0.25, 0.3) is 0 Å². The summed E-state index contributed by atoms with van der Waals surface area (Å²) in [6.45, 7) is 0.656. The maximum absolute atomic E-state index is 13.9. The van der Waals surface area contributed by atoms with Gasteiger partial charge in [-0.05, 0) is 72.9 Å². The lowest BCUT2D eigenvalue weighted by Gasteiger charge is -2.34. The van der Waals surface area contributed by atoms with Crippen LogP contribution in [0, 0.1) is 5.82 Å². The third kappa shape index (κ3) is 6.99. The van der Waals surface area contributed by atoms with Crippen LogP contribution in [0.1, 0.15) is 56.6 Å². The van der Waals surface area contributed by atoms with E-state index < -0.39 is 6.04 Å². The van der Waals surface area contributed by atoms with Crippen LogP contribution in [0.4, 0.5) is 4.39 Å². The van der Waals surface area contributed by atoms with Crippen molar-refractivity contribution >= 4 is 23.4 Å². The number of amides is 2. The van der Waals surface area contributed by atoms with Crippen LogP contribution in [0.15, 0.2) is 48.5 Å². The zero-order valence-corrected chi connectivity index (χ0v) is 22.4. The number of rotatable bonds is 9. The Morgan fingerprint density at radius 2 is 1.79 bits per heavy atom. The van der Waals surface area contributed by atoms with Gasteiger partial charge in [-0.3, -0.25) is 9.59 Å². The Balaban J connectivity index is 1.41. The lowest BCUT2D eigenvalue weighted by atomic mass is 9.94. The molecule has 2 aliphatic rings. The van der Waals surface area contributed by atoms with E-state index in [4.69, 9.17) is 16.3 Å². The molecule has 3 aromatic rings. The van der Waals surface area contributed by atoms with E-state index in [9.17, 15) is 14.0 Å². The Morgan fingerprint density at radius 1 is 1.05 bits per heavy atom. The van der Waals surface area contributed by atoms with Crippen molar-refractivity contribution in [3.05, 3.63) is 64.9 Å². The molecule has 1 aliphatic carbocycles. The first kappa shape index (κ1) is 27.2. The van der Waals surface area contributed by atoms with Crippen LogP contribution < -0.4 is 5.32 Å². The van der Waals surface area contributed by atoms with Crippen molar-refractivity contribution in [1.82, 2.24) is 30.4 Å². The quantitative estimate of drug-likeness (QED) is 0.422. The number of halogens is 2. The largest absolute Gasteiger partial charge is 0.376 e. The number of hydrogen-bond donors (Lipinski definition) is 1. The highest BCUT2D eigenvalue weighted by molar-refractivity contribution is 6.30. The monoisotopic (exact) mass is 554 g/mol. The summed E-state index contributed by atoms with van der Waals surface area (Å²) in [4.78, 5) is 30.4. The van der Waals surface area contributed by atoms with Gasteiger partial charge in [-0.15, -0.1) is 10.2 Å². The van der Waals surface area contributed by atoms with Crippen LogP contribution in [0.3, 0.4) is 0 Å². The number of benzene rings is 2. The molecule has 2 amide bonds. The van der Waals surface area contributed by atoms with E-state index in [1.807, 2.05) is 0 Å². The van der Waals surface area contributed by atoms with Gasteiger partial charge in [-0.25, -0.2) is 4.39 Å². The highest BCUT2D eigenvalue weighted by Crippen LogP contribution is 2.27. The van der Waals surface area contributed by atoms with E-state index in [2.05, 4.69) is 20.7 Å². The van der Waals surface area contributed by atoms with Gasteiger partial charge in [0.15, 0.2) is 0 Å². The first-order valence-electron chi connectivity index (χ1n) is 13.5. The third-order valence-corrected chi connectivity index (χ3v) is 7.53. The maximum atomic E-state index is 13.9. The van der Waals surface area contributed by atoms with Crippen LogP contribution in [0.5, 0.6) is 0 Å². The second kappa shape index (κ2) is 12.7. The normalized spacial score (nSPS) is 18.6. The van der Waals surface area contributed by atoms with Crippen molar-refractivity contribution in [2.45, 2.75) is 69.7 Å². The Bertz CT molecular complexity index is 1260. The number of carbonyl (C=O) groups is 2. The van der Waals surface area contributed by atoms with Crippen LogP contribution in [0.2, 0.25) is 5.02 Å². The number of nitrogens with one attached hydrogen (secondary N) is 1. The molecule has 9 nitrogen and oxygen atoms in total. The predicted octanol–water partition coefficient (Wildman–Crippen LogP) is 4.33. The first-order chi connectivity index (χ1) is 19.0. The summed E-state index contributed by atoms with van der Waals surface area (Å²) < 4.78 is 19.2. The lowest BCUT2D eigenvalue weighted by Crippen LogP contribution is -2.50. The fourth-order valence-corrected chi connectivity index (χ4v) is 5.37. The van der Waals surface area contributed by atoms with Crippen molar-refractivity contribution in [1.29, 1.82) is 0 Å². The molecule has 2 heterocycles. The zero-order chi connectivity index (χ0) is 27.2. The summed E-state index contributed by atoms with van der Waals surface area (Å²) in [5, 5.41) is 16.1. The standard InChI is InChI=1S/C28H32ClFN6O3/c29-21-12-8-19(9-13-21)26(28(38)31-23-5-2-1-3-6-23)35(17-24-7-4-16-39-24)25(37)18-36-33-27(32-34-36)20-10-14-22(30)15-11-20/h8-15,23-24,26H,1-7,16-18H2,(H,31,38)/t24-,26+/m1/s1. The van der Waals surface area contributed by atoms with Crippen LogP contribution >= 0.6 is 11.6 Å². The molecule has 2 aromatic carbocycles. The van der Waals surface area contributed by atoms with E-state index in [-0.39, 0.29) is 48.7 Å². The molecular formula is C28H32ClFN6O3. The third-order valence-electron chi connectivity index (χ3n) is 7.27. The molecule has 1 aromatic heterocycles. The molecule has 1 saturated carbocycles. The van der Waals surface area contributed by atoms with E-state index in [0.29, 0.717) is 22.8 Å². The molecule has 0 spiro atoms. The summed E-state index contributed by atoms with van der Waals surface area (Å²) in [5.74, 6) is -0.662. The molecular weight excluding hydrogens is 523 g/mol. The summed E-state index contributed by atoms with van der Waals surface area (Å²) in [6, 6.07) is 11.9. The maximum Gasteiger partial charge on any atom is 0.247 e. The van der Waals surface area contributed by atoms with Gasteiger partial charge in [0.05, 0.1) is 6.10 Å². The Hall–Kier alpha value is -3.37. The minimum Gasteiger partial charge on any atom is -0.376 e. The molecule has 2 atom stereocenters. The fourth-order valence-electron chi connectivity index (χ4n) is 5.24. The number of ether oxygens (including phenoxy) is 1. The van der Waals surface area contributed by atoms with Gasteiger partial charge in [0.2, 0.25) is 17.6 Å².